The highest BCUT2D eigenvalue weighted by atomic mass is 31.1. The fourth-order valence-corrected chi connectivity index (χ4v) is 1.01. The minimum Gasteiger partial charge on any atom is -0.229 e. The van der Waals surface area contributed by atoms with Gasteiger partial charge in [0.2, 0.25) is 0 Å². The normalized spacial score (nSPS) is 10.2. The largest absolute Gasteiger partial charge is 0.747 e. The van der Waals surface area contributed by atoms with Crippen LogP contribution in [-0.4, -0.2) is 4.89 Å². The van der Waals surface area contributed by atoms with E-state index >= 15 is 0 Å². The highest BCUT2D eigenvalue weighted by Gasteiger charge is 2.15. The minimum atomic E-state index is -2.56. The maximum atomic E-state index is 10.4. The first-order chi connectivity index (χ1) is 5.43. The summed E-state index contributed by atoms with van der Waals surface area (Å²) < 4.78 is 15.0. The Kier molecular flexibility index (Phi) is 4.79. The lowest BCUT2D eigenvalue weighted by Gasteiger charge is -1.95. The molecule has 1 unspecified atom stereocenters. The molecule has 0 aliphatic heterocycles. The van der Waals surface area contributed by atoms with E-state index in [0.717, 1.165) is 11.1 Å². The van der Waals surface area contributed by atoms with Gasteiger partial charge in [0.05, 0.1) is 0 Å². The number of rotatable bonds is 3. The molecule has 0 rings (SSSR count). The Labute approximate surface area is 73.7 Å². The molecule has 3 nitrogen and oxygen atoms in total. The highest BCUT2D eigenvalue weighted by Crippen LogP contribution is 2.24. The Morgan fingerprint density at radius 3 is 2.08 bits per heavy atom. The summed E-state index contributed by atoms with van der Waals surface area (Å²) in [4.78, 5) is 8.51. The molecule has 0 aliphatic rings. The molecule has 0 fully saturated rings. The van der Waals surface area contributed by atoms with Gasteiger partial charge < -0.3 is 0 Å². The molecule has 0 saturated heterocycles. The maximum Gasteiger partial charge on any atom is 0.747 e. The fourth-order valence-electron chi connectivity index (χ4n) is 0.608. The number of hydrogen-bond donors (Lipinski definition) is 1. The second-order valence-corrected chi connectivity index (χ2v) is 3.57. The number of allylic oxidation sites excluding steroid dienone is 3. The molecule has 1 N–H and O–H groups in total. The maximum absolute atomic E-state index is 10.4. The predicted octanol–water partition coefficient (Wildman–Crippen LogP) is 2.91. The van der Waals surface area contributed by atoms with Crippen LogP contribution in [0.5, 0.6) is 0 Å². The molecule has 4 heteroatoms. The average Bonchev–Trinajstić information content (AvgIpc) is 1.83. The lowest BCUT2D eigenvalue weighted by molar-refractivity contribution is 0.358. The Hall–Kier alpha value is -0.660. The van der Waals surface area contributed by atoms with Crippen molar-refractivity contribution in [1.82, 2.24) is 0 Å². The van der Waals surface area contributed by atoms with Crippen LogP contribution in [0.3, 0.4) is 0 Å². The van der Waals surface area contributed by atoms with Gasteiger partial charge in [0.15, 0.2) is 5.76 Å². The van der Waals surface area contributed by atoms with E-state index in [9.17, 15) is 4.57 Å². The Balaban J connectivity index is 4.60. The molecule has 0 spiro atoms. The summed E-state index contributed by atoms with van der Waals surface area (Å²) in [6.07, 6.45) is 1.73. The van der Waals surface area contributed by atoms with Crippen LogP contribution in [0.2, 0.25) is 0 Å². The molecular formula is C8H14O3P+. The first kappa shape index (κ1) is 11.3. The van der Waals surface area contributed by atoms with Crippen LogP contribution in [0.25, 0.3) is 0 Å². The van der Waals surface area contributed by atoms with E-state index < -0.39 is 8.25 Å². The van der Waals surface area contributed by atoms with Crippen molar-refractivity contribution in [3.8, 4) is 0 Å². The van der Waals surface area contributed by atoms with Crippen molar-refractivity contribution >= 4 is 8.25 Å². The van der Waals surface area contributed by atoms with Crippen molar-refractivity contribution in [1.29, 1.82) is 0 Å². The summed E-state index contributed by atoms with van der Waals surface area (Å²) in [6, 6.07) is 0. The average molecular weight is 189 g/mol. The zero-order valence-electron chi connectivity index (χ0n) is 7.79. The van der Waals surface area contributed by atoms with E-state index in [2.05, 4.69) is 0 Å². The molecular weight excluding hydrogens is 175 g/mol. The van der Waals surface area contributed by atoms with Crippen molar-refractivity contribution in [3.05, 3.63) is 23.0 Å². The fraction of sp³-hybridized carbons (Fsp3) is 0.500. The van der Waals surface area contributed by atoms with Crippen LogP contribution in [0.4, 0.5) is 0 Å². The summed E-state index contributed by atoms with van der Waals surface area (Å²) in [5.41, 5.74) is 1.91. The van der Waals surface area contributed by atoms with Crippen molar-refractivity contribution in [3.63, 3.8) is 0 Å². The van der Waals surface area contributed by atoms with Crippen LogP contribution < -0.4 is 0 Å². The van der Waals surface area contributed by atoms with E-state index in [1.165, 1.54) is 0 Å². The molecule has 0 bridgehead atoms. The molecule has 0 aromatic heterocycles. The van der Waals surface area contributed by atoms with Gasteiger partial charge in [-0.3, -0.25) is 0 Å². The first-order valence-corrected chi connectivity index (χ1v) is 4.73. The molecule has 0 aromatic carbocycles. The molecule has 0 heterocycles. The van der Waals surface area contributed by atoms with Crippen LogP contribution in [0.1, 0.15) is 27.7 Å². The van der Waals surface area contributed by atoms with Gasteiger partial charge in [-0.05, 0) is 39.3 Å². The quantitative estimate of drug-likeness (QED) is 0.421. The molecule has 1 atom stereocenters. The van der Waals surface area contributed by atoms with Crippen LogP contribution in [0.15, 0.2) is 23.0 Å². The van der Waals surface area contributed by atoms with Gasteiger partial charge in [-0.1, -0.05) is 5.57 Å². The van der Waals surface area contributed by atoms with Gasteiger partial charge in [0.1, 0.15) is 0 Å². The lowest BCUT2D eigenvalue weighted by Crippen LogP contribution is -1.84. The third kappa shape index (κ3) is 5.05. The lowest BCUT2D eigenvalue weighted by atomic mass is 10.2. The van der Waals surface area contributed by atoms with Crippen molar-refractivity contribution in [2.75, 3.05) is 0 Å². The Morgan fingerprint density at radius 2 is 1.83 bits per heavy atom. The van der Waals surface area contributed by atoms with Crippen LogP contribution >= 0.6 is 8.25 Å². The van der Waals surface area contributed by atoms with Crippen molar-refractivity contribution in [2.24, 2.45) is 0 Å². The summed E-state index contributed by atoms with van der Waals surface area (Å²) in [5, 5.41) is 0. The molecule has 68 valence electrons. The zero-order valence-corrected chi connectivity index (χ0v) is 8.68. The second kappa shape index (κ2) is 5.07. The van der Waals surface area contributed by atoms with E-state index in [0.29, 0.717) is 5.76 Å². The molecule has 12 heavy (non-hydrogen) atoms. The molecule has 0 aromatic rings. The summed E-state index contributed by atoms with van der Waals surface area (Å²) in [6.45, 7) is 7.45. The van der Waals surface area contributed by atoms with E-state index in [1.807, 2.05) is 27.7 Å². The standard InChI is InChI=1S/C8H13O3P/c1-6(2)5-8(7(3)4)11-12(9)10/h5H,1-4H3/p+1. The topological polar surface area (TPSA) is 46.5 Å². The molecule has 0 radical (unpaired) electrons. The highest BCUT2D eigenvalue weighted by molar-refractivity contribution is 7.32. The number of hydrogen-bond acceptors (Lipinski definition) is 2. The van der Waals surface area contributed by atoms with Gasteiger partial charge in [0, 0.05) is 4.57 Å². The van der Waals surface area contributed by atoms with E-state index in [1.54, 1.807) is 6.08 Å². The summed E-state index contributed by atoms with van der Waals surface area (Å²) in [5.74, 6) is 0.471. The Morgan fingerprint density at radius 1 is 1.33 bits per heavy atom. The third-order valence-corrected chi connectivity index (χ3v) is 1.44. The molecule has 0 saturated carbocycles. The molecule has 0 amide bonds. The minimum absolute atomic E-state index is 0.471. The first-order valence-electron chi connectivity index (χ1n) is 3.60. The third-order valence-electron chi connectivity index (χ3n) is 1.09. The van der Waals surface area contributed by atoms with E-state index in [4.69, 9.17) is 9.42 Å². The Bertz CT molecular complexity index is 233. The van der Waals surface area contributed by atoms with Crippen LogP contribution in [-0.2, 0) is 9.09 Å². The summed E-state index contributed by atoms with van der Waals surface area (Å²) >= 11 is 0. The predicted molar refractivity (Wildman–Crippen MR) is 48.7 cm³/mol. The van der Waals surface area contributed by atoms with E-state index in [-0.39, 0.29) is 0 Å². The van der Waals surface area contributed by atoms with Crippen molar-refractivity contribution < 1.29 is 14.0 Å². The second-order valence-electron chi connectivity index (χ2n) is 2.92. The SMILES string of the molecule is CC(C)=CC(O[P+](=O)O)=C(C)C. The van der Waals surface area contributed by atoms with Crippen molar-refractivity contribution in [2.45, 2.75) is 27.7 Å². The molecule has 0 aliphatic carbocycles. The van der Waals surface area contributed by atoms with Gasteiger partial charge in [-0.25, -0.2) is 4.52 Å². The summed E-state index contributed by atoms with van der Waals surface area (Å²) in [7, 11) is -2.56. The monoisotopic (exact) mass is 189 g/mol. The van der Waals surface area contributed by atoms with Crippen LogP contribution in [0, 0.1) is 0 Å². The zero-order chi connectivity index (χ0) is 9.72. The van der Waals surface area contributed by atoms with Gasteiger partial charge in [-0.2, -0.15) is 0 Å². The van der Waals surface area contributed by atoms with Gasteiger partial charge in [0.25, 0.3) is 0 Å². The van der Waals surface area contributed by atoms with Gasteiger partial charge >= 0.3 is 8.25 Å². The smallest absolute Gasteiger partial charge is 0.229 e. The van der Waals surface area contributed by atoms with Gasteiger partial charge in [-0.15, -0.1) is 4.89 Å².